The van der Waals surface area contributed by atoms with Gasteiger partial charge in [-0.25, -0.2) is 4.79 Å². The van der Waals surface area contributed by atoms with Crippen LogP contribution in [0.25, 0.3) is 0 Å². The zero-order chi connectivity index (χ0) is 18.2. The largest absolute Gasteiger partial charge is 0.463 e. The second kappa shape index (κ2) is 9.46. The first kappa shape index (κ1) is 20.2. The van der Waals surface area contributed by atoms with Crippen LogP contribution >= 0.6 is 0 Å². The van der Waals surface area contributed by atoms with Crippen molar-refractivity contribution in [2.24, 2.45) is 5.41 Å². The summed E-state index contributed by atoms with van der Waals surface area (Å²) in [6, 6.07) is 0. The van der Waals surface area contributed by atoms with Gasteiger partial charge in [0.15, 0.2) is 0 Å². The van der Waals surface area contributed by atoms with E-state index in [0.717, 1.165) is 5.57 Å². The molecule has 132 valence electrons. The summed E-state index contributed by atoms with van der Waals surface area (Å²) in [5.74, 6) is -0.289. The van der Waals surface area contributed by atoms with E-state index in [1.54, 1.807) is 6.92 Å². The minimum atomic E-state index is -0.289. The quantitative estimate of drug-likeness (QED) is 0.335. The van der Waals surface area contributed by atoms with E-state index in [-0.39, 0.29) is 5.97 Å². The van der Waals surface area contributed by atoms with Gasteiger partial charge in [-0.05, 0) is 63.5 Å². The molecule has 0 aliphatic heterocycles. The summed E-state index contributed by atoms with van der Waals surface area (Å²) in [5, 5.41) is 0. The first-order valence-corrected chi connectivity index (χ1v) is 8.84. The Hall–Kier alpha value is -1.83. The lowest BCUT2D eigenvalue weighted by molar-refractivity contribution is -0.137. The van der Waals surface area contributed by atoms with Crippen LogP contribution in [0.3, 0.4) is 0 Å². The van der Waals surface area contributed by atoms with E-state index >= 15 is 0 Å². The molecule has 2 heteroatoms. The van der Waals surface area contributed by atoms with Gasteiger partial charge in [0.1, 0.15) is 0 Å². The molecule has 0 aromatic heterocycles. The molecule has 0 heterocycles. The molecule has 0 aromatic rings. The van der Waals surface area contributed by atoms with Gasteiger partial charge in [-0.3, -0.25) is 0 Å². The van der Waals surface area contributed by atoms with Crippen LogP contribution in [0, 0.1) is 5.41 Å². The van der Waals surface area contributed by atoms with E-state index in [9.17, 15) is 4.79 Å². The summed E-state index contributed by atoms with van der Waals surface area (Å²) >= 11 is 0. The second-order valence-electron chi connectivity index (χ2n) is 7.13. The van der Waals surface area contributed by atoms with Crippen molar-refractivity contribution in [2.75, 3.05) is 6.61 Å². The van der Waals surface area contributed by atoms with Gasteiger partial charge in [0.2, 0.25) is 0 Å². The molecule has 0 spiro atoms. The first-order valence-electron chi connectivity index (χ1n) is 8.84. The van der Waals surface area contributed by atoms with Gasteiger partial charge in [-0.2, -0.15) is 0 Å². The van der Waals surface area contributed by atoms with Crippen molar-refractivity contribution in [3.05, 3.63) is 58.7 Å². The van der Waals surface area contributed by atoms with Gasteiger partial charge in [0, 0.05) is 6.08 Å². The van der Waals surface area contributed by atoms with Crippen molar-refractivity contribution in [1.82, 2.24) is 0 Å². The van der Waals surface area contributed by atoms with Gasteiger partial charge in [0.25, 0.3) is 0 Å². The lowest BCUT2D eigenvalue weighted by Gasteiger charge is -2.32. The molecule has 0 saturated carbocycles. The van der Waals surface area contributed by atoms with Gasteiger partial charge in [0.05, 0.1) is 6.61 Å². The molecule has 0 amide bonds. The third-order valence-corrected chi connectivity index (χ3v) is 4.64. The molecule has 0 radical (unpaired) electrons. The third kappa shape index (κ3) is 6.74. The molecule has 0 saturated heterocycles. The lowest BCUT2D eigenvalue weighted by atomic mass is 9.73. The molecule has 0 aromatic carbocycles. The van der Waals surface area contributed by atoms with E-state index in [0.29, 0.717) is 12.0 Å². The van der Waals surface area contributed by atoms with Crippen molar-refractivity contribution in [3.8, 4) is 0 Å². The summed E-state index contributed by atoms with van der Waals surface area (Å²) in [7, 11) is 0. The number of ether oxygens (including phenoxy) is 1. The normalized spacial score (nSPS) is 19.4. The second-order valence-corrected chi connectivity index (χ2v) is 7.13. The van der Waals surface area contributed by atoms with E-state index in [1.165, 1.54) is 42.1 Å². The van der Waals surface area contributed by atoms with Crippen molar-refractivity contribution < 1.29 is 9.53 Å². The molecular formula is C22H32O2. The Bertz CT molecular complexity index is 595. The Morgan fingerprint density at radius 2 is 1.92 bits per heavy atom. The smallest absolute Gasteiger partial charge is 0.330 e. The van der Waals surface area contributed by atoms with Crippen LogP contribution in [0.4, 0.5) is 0 Å². The number of carbonyl (C=O) groups excluding carboxylic acids is 1. The highest BCUT2D eigenvalue weighted by atomic mass is 16.5. The Labute approximate surface area is 147 Å². The van der Waals surface area contributed by atoms with Crippen molar-refractivity contribution >= 4 is 5.97 Å². The Morgan fingerprint density at radius 3 is 2.58 bits per heavy atom. The standard InChI is InChI=1S/C22H32O2/c1-7-24-21(23)16-18(3)11-8-10-17(2)13-14-20-12-9-15-22(5,6)19(20)4/h8,10-11,13-14,16H,7,9,12,15H2,1-6H3/b11-8+,14-13+,17-10+,18-16+. The molecule has 0 bridgehead atoms. The van der Waals surface area contributed by atoms with Crippen LogP contribution in [0.15, 0.2) is 58.7 Å². The Kier molecular flexibility index (Phi) is 7.97. The van der Waals surface area contributed by atoms with Crippen LogP contribution in [-0.2, 0) is 9.53 Å². The van der Waals surface area contributed by atoms with Gasteiger partial charge in [-0.15, -0.1) is 0 Å². The van der Waals surface area contributed by atoms with Crippen LogP contribution in [0.2, 0.25) is 0 Å². The predicted molar refractivity (Wildman–Crippen MR) is 103 cm³/mol. The Balaban J connectivity index is 2.70. The zero-order valence-corrected chi connectivity index (χ0v) is 16.1. The first-order chi connectivity index (χ1) is 11.3. The number of hydrogen-bond acceptors (Lipinski definition) is 2. The number of hydrogen-bond donors (Lipinski definition) is 0. The van der Waals surface area contributed by atoms with E-state index < -0.39 is 0 Å². The molecule has 1 aliphatic rings. The lowest BCUT2D eigenvalue weighted by Crippen LogP contribution is -2.18. The predicted octanol–water partition coefficient (Wildman–Crippen LogP) is 6.08. The summed E-state index contributed by atoms with van der Waals surface area (Å²) in [5.41, 5.74) is 5.39. The fourth-order valence-electron chi connectivity index (χ4n) is 2.80. The van der Waals surface area contributed by atoms with Crippen molar-refractivity contribution in [3.63, 3.8) is 0 Å². The van der Waals surface area contributed by atoms with Crippen LogP contribution < -0.4 is 0 Å². The summed E-state index contributed by atoms with van der Waals surface area (Å²) in [6.45, 7) is 13.1. The molecular weight excluding hydrogens is 296 g/mol. The number of allylic oxidation sites excluding steroid dienone is 9. The molecule has 24 heavy (non-hydrogen) atoms. The van der Waals surface area contributed by atoms with Crippen LogP contribution in [0.1, 0.15) is 60.8 Å². The van der Waals surface area contributed by atoms with E-state index in [4.69, 9.17) is 4.74 Å². The molecule has 0 unspecified atom stereocenters. The average Bonchev–Trinajstić information content (AvgIpc) is 2.49. The highest BCUT2D eigenvalue weighted by Crippen LogP contribution is 2.40. The zero-order valence-electron chi connectivity index (χ0n) is 16.1. The molecule has 1 rings (SSSR count). The third-order valence-electron chi connectivity index (χ3n) is 4.64. The number of carbonyl (C=O) groups is 1. The van der Waals surface area contributed by atoms with Gasteiger partial charge >= 0.3 is 5.97 Å². The molecule has 0 N–H and O–H groups in total. The Morgan fingerprint density at radius 1 is 1.21 bits per heavy atom. The fourth-order valence-corrected chi connectivity index (χ4v) is 2.80. The maximum atomic E-state index is 11.3. The molecule has 2 nitrogen and oxygen atoms in total. The maximum absolute atomic E-state index is 11.3. The molecule has 0 fully saturated rings. The molecule has 1 aliphatic carbocycles. The topological polar surface area (TPSA) is 26.3 Å². The van der Waals surface area contributed by atoms with Gasteiger partial charge < -0.3 is 4.74 Å². The summed E-state index contributed by atoms with van der Waals surface area (Å²) < 4.78 is 4.89. The summed E-state index contributed by atoms with van der Waals surface area (Å²) in [6.07, 6.45) is 15.6. The average molecular weight is 328 g/mol. The number of esters is 1. The number of rotatable bonds is 6. The van der Waals surface area contributed by atoms with Crippen LogP contribution in [-0.4, -0.2) is 12.6 Å². The van der Waals surface area contributed by atoms with E-state index in [2.05, 4.69) is 45.9 Å². The minimum absolute atomic E-state index is 0.289. The SMILES string of the molecule is CCOC(=O)/C=C(C)/C=C/C=C(C)/C=C/C1=C(C)C(C)(C)CCC1. The monoisotopic (exact) mass is 328 g/mol. The van der Waals surface area contributed by atoms with E-state index in [1.807, 2.05) is 19.1 Å². The minimum Gasteiger partial charge on any atom is -0.463 e. The maximum Gasteiger partial charge on any atom is 0.330 e. The highest BCUT2D eigenvalue weighted by Gasteiger charge is 2.25. The van der Waals surface area contributed by atoms with Crippen LogP contribution in [0.5, 0.6) is 0 Å². The van der Waals surface area contributed by atoms with Crippen molar-refractivity contribution in [1.29, 1.82) is 0 Å². The van der Waals surface area contributed by atoms with Crippen molar-refractivity contribution in [2.45, 2.75) is 60.8 Å². The summed E-state index contributed by atoms with van der Waals surface area (Å²) in [4.78, 5) is 11.3. The molecule has 0 atom stereocenters. The fraction of sp³-hybridized carbons (Fsp3) is 0.500. The highest BCUT2D eigenvalue weighted by molar-refractivity contribution is 5.83. The van der Waals surface area contributed by atoms with Gasteiger partial charge in [-0.1, -0.05) is 55.4 Å².